The molecule has 0 unspecified atom stereocenters. The lowest BCUT2D eigenvalue weighted by atomic mass is 10.1. The van der Waals surface area contributed by atoms with Crippen molar-refractivity contribution in [2.24, 2.45) is 0 Å². The van der Waals surface area contributed by atoms with Crippen LogP contribution in [0.1, 0.15) is 21.6 Å². The molecule has 0 aliphatic carbocycles. The van der Waals surface area contributed by atoms with Crippen LogP contribution in [0.2, 0.25) is 0 Å². The summed E-state index contributed by atoms with van der Waals surface area (Å²) in [5.74, 6) is -1.64. The topological polar surface area (TPSA) is 93.1 Å². The standard InChI is InChI=1S/C25H19FN4O3/c26-19-13-10-17(11-14-19)12-15-22(31)27-28-24(32)23-20-8-4-5-9-21(20)25(33)30(29-23)16-18-6-2-1-3-7-18/h1-15H,16H2,(H,27,31)(H,28,32). The van der Waals surface area contributed by atoms with Gasteiger partial charge in [0, 0.05) is 11.5 Å². The molecule has 0 radical (unpaired) electrons. The van der Waals surface area contributed by atoms with Gasteiger partial charge in [-0.2, -0.15) is 5.10 Å². The predicted molar refractivity (Wildman–Crippen MR) is 123 cm³/mol. The maximum absolute atomic E-state index is 13.0. The van der Waals surface area contributed by atoms with Crippen molar-refractivity contribution in [3.63, 3.8) is 0 Å². The number of nitrogens with one attached hydrogen (secondary N) is 2. The van der Waals surface area contributed by atoms with E-state index in [0.29, 0.717) is 16.3 Å². The van der Waals surface area contributed by atoms with E-state index >= 15 is 0 Å². The molecule has 7 nitrogen and oxygen atoms in total. The van der Waals surface area contributed by atoms with Gasteiger partial charge in [0.2, 0.25) is 0 Å². The van der Waals surface area contributed by atoms with Gasteiger partial charge in [-0.05, 0) is 35.4 Å². The second-order valence-electron chi connectivity index (χ2n) is 7.17. The van der Waals surface area contributed by atoms with Gasteiger partial charge in [0.05, 0.1) is 11.9 Å². The van der Waals surface area contributed by atoms with Crippen LogP contribution in [-0.2, 0) is 11.3 Å². The second-order valence-corrected chi connectivity index (χ2v) is 7.17. The number of fused-ring (bicyclic) bond motifs is 1. The van der Waals surface area contributed by atoms with E-state index in [1.807, 2.05) is 30.3 Å². The fourth-order valence-corrected chi connectivity index (χ4v) is 3.23. The zero-order valence-corrected chi connectivity index (χ0v) is 17.4. The van der Waals surface area contributed by atoms with E-state index in [2.05, 4.69) is 16.0 Å². The zero-order valence-electron chi connectivity index (χ0n) is 17.4. The van der Waals surface area contributed by atoms with Crippen molar-refractivity contribution >= 4 is 28.7 Å². The third-order valence-electron chi connectivity index (χ3n) is 4.85. The summed E-state index contributed by atoms with van der Waals surface area (Å²) in [5, 5.41) is 4.98. The van der Waals surface area contributed by atoms with Crippen LogP contribution in [0.15, 0.2) is 89.7 Å². The minimum absolute atomic E-state index is 0.00365. The number of aromatic nitrogens is 2. The Morgan fingerprint density at radius 2 is 1.55 bits per heavy atom. The molecule has 1 heterocycles. The van der Waals surface area contributed by atoms with Gasteiger partial charge in [-0.1, -0.05) is 60.7 Å². The summed E-state index contributed by atoms with van der Waals surface area (Å²) in [6.07, 6.45) is 2.68. The number of amides is 2. The van der Waals surface area contributed by atoms with E-state index in [9.17, 15) is 18.8 Å². The van der Waals surface area contributed by atoms with Crippen molar-refractivity contribution in [3.05, 3.63) is 118 Å². The number of benzene rings is 3. The average molecular weight is 442 g/mol. The minimum Gasteiger partial charge on any atom is -0.268 e. The number of nitrogens with zero attached hydrogens (tertiary/aromatic N) is 2. The lowest BCUT2D eigenvalue weighted by Gasteiger charge is -2.11. The highest BCUT2D eigenvalue weighted by atomic mass is 19.1. The largest absolute Gasteiger partial charge is 0.290 e. The summed E-state index contributed by atoms with van der Waals surface area (Å²) in [4.78, 5) is 37.8. The number of halogens is 1. The van der Waals surface area contributed by atoms with Crippen molar-refractivity contribution < 1.29 is 14.0 Å². The molecule has 4 aromatic rings. The highest BCUT2D eigenvalue weighted by Gasteiger charge is 2.17. The van der Waals surface area contributed by atoms with Crippen molar-refractivity contribution in [2.45, 2.75) is 6.54 Å². The molecule has 2 amide bonds. The van der Waals surface area contributed by atoms with Crippen molar-refractivity contribution in [3.8, 4) is 0 Å². The molecule has 0 aliphatic rings. The maximum Gasteiger partial charge on any atom is 0.290 e. The van der Waals surface area contributed by atoms with Gasteiger partial charge in [0.25, 0.3) is 17.4 Å². The first-order valence-electron chi connectivity index (χ1n) is 10.1. The fraction of sp³-hybridized carbons (Fsp3) is 0.0400. The number of rotatable bonds is 5. The summed E-state index contributed by atoms with van der Waals surface area (Å²) in [6, 6.07) is 21.5. The lowest BCUT2D eigenvalue weighted by molar-refractivity contribution is -0.117. The Bertz CT molecular complexity index is 1400. The zero-order chi connectivity index (χ0) is 23.2. The number of carbonyl (C=O) groups is 2. The van der Waals surface area contributed by atoms with E-state index in [1.54, 1.807) is 24.3 Å². The SMILES string of the molecule is O=C(C=Cc1ccc(F)cc1)NNC(=O)c1nn(Cc2ccccc2)c(=O)c2ccccc12. The van der Waals surface area contributed by atoms with Crippen LogP contribution in [0.4, 0.5) is 4.39 Å². The van der Waals surface area contributed by atoms with Crippen molar-refractivity contribution in [1.82, 2.24) is 20.6 Å². The van der Waals surface area contributed by atoms with E-state index in [0.717, 1.165) is 5.56 Å². The minimum atomic E-state index is -0.670. The first-order valence-corrected chi connectivity index (χ1v) is 10.1. The Kier molecular flexibility index (Phi) is 6.36. The Hall–Kier alpha value is -4.59. The third-order valence-corrected chi connectivity index (χ3v) is 4.85. The summed E-state index contributed by atoms with van der Waals surface area (Å²) < 4.78 is 14.2. The summed E-state index contributed by atoms with van der Waals surface area (Å²) in [5.41, 5.74) is 5.76. The number of hydrogen-bond donors (Lipinski definition) is 2. The van der Waals surface area contributed by atoms with E-state index < -0.39 is 11.8 Å². The number of hydrogen-bond acceptors (Lipinski definition) is 4. The molecule has 164 valence electrons. The first-order chi connectivity index (χ1) is 16.0. The van der Waals surface area contributed by atoms with Gasteiger partial charge in [-0.15, -0.1) is 0 Å². The van der Waals surface area contributed by atoms with Crippen molar-refractivity contribution in [2.75, 3.05) is 0 Å². The Labute approximate surface area is 188 Å². The smallest absolute Gasteiger partial charge is 0.268 e. The second kappa shape index (κ2) is 9.69. The van der Waals surface area contributed by atoms with Crippen LogP contribution >= 0.6 is 0 Å². The molecule has 0 spiro atoms. The van der Waals surface area contributed by atoms with Gasteiger partial charge in [0.15, 0.2) is 5.69 Å². The molecule has 33 heavy (non-hydrogen) atoms. The molecule has 0 fully saturated rings. The maximum atomic E-state index is 13.0. The average Bonchev–Trinajstić information content (AvgIpc) is 2.84. The number of carbonyl (C=O) groups excluding carboxylic acids is 2. The Morgan fingerprint density at radius 1 is 0.879 bits per heavy atom. The van der Waals surface area contributed by atoms with Crippen LogP contribution in [0.3, 0.4) is 0 Å². The van der Waals surface area contributed by atoms with Gasteiger partial charge in [-0.3, -0.25) is 25.2 Å². The lowest BCUT2D eigenvalue weighted by Crippen LogP contribution is -2.42. The summed E-state index contributed by atoms with van der Waals surface area (Å²) in [6.45, 7) is 0.192. The molecule has 1 aromatic heterocycles. The van der Waals surface area contributed by atoms with Crippen molar-refractivity contribution in [1.29, 1.82) is 0 Å². The molecule has 0 aliphatic heterocycles. The van der Waals surface area contributed by atoms with E-state index in [4.69, 9.17) is 0 Å². The molecular weight excluding hydrogens is 423 g/mol. The first kappa shape index (κ1) is 21.6. The molecule has 4 rings (SSSR count). The van der Waals surface area contributed by atoms with Crippen LogP contribution in [0, 0.1) is 5.82 Å². The fourth-order valence-electron chi connectivity index (χ4n) is 3.23. The van der Waals surface area contributed by atoms with Crippen LogP contribution in [0.25, 0.3) is 16.8 Å². The monoisotopic (exact) mass is 442 g/mol. The van der Waals surface area contributed by atoms with Gasteiger partial charge in [0.1, 0.15) is 5.82 Å². The highest BCUT2D eigenvalue weighted by molar-refractivity contribution is 6.05. The number of hydrazine groups is 1. The normalized spacial score (nSPS) is 10.9. The molecule has 0 bridgehead atoms. The summed E-state index contributed by atoms with van der Waals surface area (Å²) in [7, 11) is 0. The molecular formula is C25H19FN4O3. The van der Waals surface area contributed by atoms with Crippen LogP contribution < -0.4 is 16.4 Å². The molecule has 0 saturated carbocycles. The van der Waals surface area contributed by atoms with E-state index in [1.165, 1.54) is 41.1 Å². The Balaban J connectivity index is 1.54. The quantitative estimate of drug-likeness (QED) is 0.367. The molecule has 2 N–H and O–H groups in total. The van der Waals surface area contributed by atoms with Crippen LogP contribution in [0.5, 0.6) is 0 Å². The third kappa shape index (κ3) is 5.19. The Morgan fingerprint density at radius 3 is 2.27 bits per heavy atom. The molecule has 0 saturated heterocycles. The van der Waals surface area contributed by atoms with Crippen LogP contribution in [-0.4, -0.2) is 21.6 Å². The summed E-state index contributed by atoms with van der Waals surface area (Å²) >= 11 is 0. The molecule has 0 atom stereocenters. The molecule has 3 aromatic carbocycles. The van der Waals surface area contributed by atoms with Gasteiger partial charge in [-0.25, -0.2) is 9.07 Å². The van der Waals surface area contributed by atoms with Gasteiger partial charge < -0.3 is 0 Å². The van der Waals surface area contributed by atoms with E-state index in [-0.39, 0.29) is 23.6 Å². The predicted octanol–water partition coefficient (Wildman–Crippen LogP) is 3.06. The highest BCUT2D eigenvalue weighted by Crippen LogP contribution is 2.14. The molecule has 8 heteroatoms. The van der Waals surface area contributed by atoms with Gasteiger partial charge >= 0.3 is 0 Å².